The van der Waals surface area contributed by atoms with E-state index in [4.69, 9.17) is 10.2 Å². The maximum atomic E-state index is 12.7. The summed E-state index contributed by atoms with van der Waals surface area (Å²) < 4.78 is 25.5. The summed E-state index contributed by atoms with van der Waals surface area (Å²) in [4.78, 5) is 43.8. The molecule has 0 fully saturated rings. The maximum absolute atomic E-state index is 12.7. The Balaban J connectivity index is 2.11. The lowest BCUT2D eigenvalue weighted by Crippen LogP contribution is -2.09. The quantitative estimate of drug-likeness (QED) is 0.446. The lowest BCUT2D eigenvalue weighted by molar-refractivity contribution is -0.132. The van der Waals surface area contributed by atoms with Crippen molar-refractivity contribution in [1.82, 2.24) is 0 Å². The highest BCUT2D eigenvalue weighted by molar-refractivity contribution is 7.91. The molecule has 2 aromatic carbocycles. The molecule has 160 valence electrons. The molecule has 10 nitrogen and oxygen atoms in total. The third-order valence-electron chi connectivity index (χ3n) is 3.62. The van der Waals surface area contributed by atoms with Gasteiger partial charge in [0.2, 0.25) is 21.7 Å². The number of benzene rings is 2. The van der Waals surface area contributed by atoms with Crippen LogP contribution in [0.15, 0.2) is 82.6 Å². The second kappa shape index (κ2) is 9.98. The average molecular weight is 444 g/mol. The Hall–Kier alpha value is -4.25. The first kappa shape index (κ1) is 23.0. The zero-order valence-electron chi connectivity index (χ0n) is 15.7. The number of amides is 2. The lowest BCUT2D eigenvalue weighted by Gasteiger charge is -2.08. The monoisotopic (exact) mass is 444 g/mol. The molecule has 0 unspecified atom stereocenters. The SMILES string of the molecule is O=C(O)/C=C/C(=O)Nc1ccc(S(=O)(=O)c2ccc(NC(=O)/C=C/C(=O)O)cc2)cc1. The number of carboxylic acids is 2. The Labute approximate surface area is 176 Å². The van der Waals surface area contributed by atoms with Crippen molar-refractivity contribution in [2.75, 3.05) is 10.6 Å². The van der Waals surface area contributed by atoms with E-state index in [1.165, 1.54) is 48.5 Å². The molecule has 2 amide bonds. The molecule has 11 heteroatoms. The van der Waals surface area contributed by atoms with Crippen LogP contribution in [0, 0.1) is 0 Å². The van der Waals surface area contributed by atoms with Gasteiger partial charge >= 0.3 is 11.9 Å². The van der Waals surface area contributed by atoms with Crippen molar-refractivity contribution < 1.29 is 37.8 Å². The highest BCUT2D eigenvalue weighted by atomic mass is 32.2. The van der Waals surface area contributed by atoms with Crippen molar-refractivity contribution in [2.45, 2.75) is 9.79 Å². The van der Waals surface area contributed by atoms with Gasteiger partial charge in [0.05, 0.1) is 9.79 Å². The first-order valence-corrected chi connectivity index (χ1v) is 9.95. The molecule has 0 bridgehead atoms. The van der Waals surface area contributed by atoms with Crippen molar-refractivity contribution in [2.24, 2.45) is 0 Å². The summed E-state index contributed by atoms with van der Waals surface area (Å²) in [7, 11) is -3.88. The predicted molar refractivity (Wildman–Crippen MR) is 109 cm³/mol. The van der Waals surface area contributed by atoms with Gasteiger partial charge in [0.1, 0.15) is 0 Å². The van der Waals surface area contributed by atoms with Crippen molar-refractivity contribution >= 4 is 45.0 Å². The molecular formula is C20H16N2O8S. The van der Waals surface area contributed by atoms with Gasteiger partial charge in [-0.2, -0.15) is 0 Å². The van der Waals surface area contributed by atoms with E-state index in [9.17, 15) is 27.6 Å². The van der Waals surface area contributed by atoms with Crippen LogP contribution < -0.4 is 10.6 Å². The molecular weight excluding hydrogens is 428 g/mol. The predicted octanol–water partition coefficient (Wildman–Crippen LogP) is 1.68. The number of carboxylic acid groups (broad SMARTS) is 2. The number of carbonyl (C=O) groups excluding carboxylic acids is 2. The molecule has 0 saturated heterocycles. The van der Waals surface area contributed by atoms with E-state index in [0.29, 0.717) is 12.2 Å². The van der Waals surface area contributed by atoms with Crippen LogP contribution in [0.2, 0.25) is 0 Å². The molecule has 0 aromatic heterocycles. The smallest absolute Gasteiger partial charge is 0.328 e. The van der Waals surface area contributed by atoms with Crippen LogP contribution >= 0.6 is 0 Å². The summed E-state index contributed by atoms with van der Waals surface area (Å²) in [5.41, 5.74) is 0.540. The van der Waals surface area contributed by atoms with Crippen LogP contribution in [-0.4, -0.2) is 42.4 Å². The highest BCUT2D eigenvalue weighted by Crippen LogP contribution is 2.23. The highest BCUT2D eigenvalue weighted by Gasteiger charge is 2.17. The number of anilines is 2. The fourth-order valence-corrected chi connectivity index (χ4v) is 3.49. The Morgan fingerprint density at radius 2 is 0.935 bits per heavy atom. The maximum Gasteiger partial charge on any atom is 0.328 e. The average Bonchev–Trinajstić information content (AvgIpc) is 2.71. The molecule has 0 atom stereocenters. The molecule has 4 N–H and O–H groups in total. The van der Waals surface area contributed by atoms with E-state index in [-0.39, 0.29) is 21.2 Å². The largest absolute Gasteiger partial charge is 0.478 e. The van der Waals surface area contributed by atoms with Gasteiger partial charge in [-0.1, -0.05) is 0 Å². The number of nitrogens with one attached hydrogen (secondary N) is 2. The Bertz CT molecular complexity index is 1080. The van der Waals surface area contributed by atoms with Gasteiger partial charge in [0, 0.05) is 35.7 Å². The fraction of sp³-hybridized carbons (Fsp3) is 0. The summed E-state index contributed by atoms with van der Waals surface area (Å²) in [6, 6.07) is 10.5. The van der Waals surface area contributed by atoms with Crippen LogP contribution in [0.1, 0.15) is 0 Å². The molecule has 0 saturated carbocycles. The van der Waals surface area contributed by atoms with Gasteiger partial charge in [-0.05, 0) is 48.5 Å². The molecule has 2 aromatic rings. The van der Waals surface area contributed by atoms with Crippen LogP contribution in [0.25, 0.3) is 0 Å². The number of sulfone groups is 1. The van der Waals surface area contributed by atoms with E-state index in [1.807, 2.05) is 0 Å². The third-order valence-corrected chi connectivity index (χ3v) is 5.40. The first-order valence-electron chi connectivity index (χ1n) is 8.47. The first-order chi connectivity index (χ1) is 14.6. The minimum Gasteiger partial charge on any atom is -0.478 e. The molecule has 0 heterocycles. The number of hydrogen-bond acceptors (Lipinski definition) is 6. The van der Waals surface area contributed by atoms with Crippen LogP contribution in [0.4, 0.5) is 11.4 Å². The van der Waals surface area contributed by atoms with Crippen LogP contribution in [-0.2, 0) is 29.0 Å². The van der Waals surface area contributed by atoms with Crippen molar-refractivity contribution in [3.63, 3.8) is 0 Å². The topological polar surface area (TPSA) is 167 Å². The summed E-state index contributed by atoms with van der Waals surface area (Å²) in [5.74, 6) is -3.93. The summed E-state index contributed by atoms with van der Waals surface area (Å²) >= 11 is 0. The number of aliphatic carboxylic acids is 2. The van der Waals surface area contributed by atoms with Crippen molar-refractivity contribution in [1.29, 1.82) is 0 Å². The zero-order valence-corrected chi connectivity index (χ0v) is 16.5. The summed E-state index contributed by atoms with van der Waals surface area (Å²) in [5, 5.41) is 21.8. The van der Waals surface area contributed by atoms with Gasteiger partial charge in [-0.15, -0.1) is 0 Å². The van der Waals surface area contributed by atoms with E-state index < -0.39 is 33.6 Å². The Kier molecular flexibility index (Phi) is 7.42. The minimum absolute atomic E-state index is 0.0484. The van der Waals surface area contributed by atoms with Gasteiger partial charge < -0.3 is 20.8 Å². The van der Waals surface area contributed by atoms with Crippen LogP contribution in [0.3, 0.4) is 0 Å². The van der Waals surface area contributed by atoms with Crippen molar-refractivity contribution in [3.05, 3.63) is 72.8 Å². The standard InChI is InChI=1S/C20H16N2O8S/c23-17(9-11-19(25)26)21-13-1-5-15(6-2-13)31(29,30)16-7-3-14(4-8-16)22-18(24)10-12-20(27)28/h1-12H,(H,21,23)(H,22,24)(H,25,26)(H,27,28)/b11-9+,12-10+. The molecule has 0 radical (unpaired) electrons. The normalized spacial score (nSPS) is 11.4. The van der Waals surface area contributed by atoms with E-state index >= 15 is 0 Å². The second-order valence-corrected chi connectivity index (χ2v) is 7.82. The molecule has 31 heavy (non-hydrogen) atoms. The summed E-state index contributed by atoms with van der Waals surface area (Å²) in [6.45, 7) is 0. The van der Waals surface area contributed by atoms with Gasteiger partial charge in [0.15, 0.2) is 0 Å². The number of rotatable bonds is 8. The lowest BCUT2D eigenvalue weighted by atomic mass is 10.3. The van der Waals surface area contributed by atoms with E-state index in [0.717, 1.165) is 12.2 Å². The van der Waals surface area contributed by atoms with Gasteiger partial charge in [-0.25, -0.2) is 18.0 Å². The Morgan fingerprint density at radius 1 is 0.613 bits per heavy atom. The van der Waals surface area contributed by atoms with Crippen molar-refractivity contribution in [3.8, 4) is 0 Å². The summed E-state index contributed by atoms with van der Waals surface area (Å²) in [6.07, 6.45) is 2.99. The molecule has 0 spiro atoms. The third kappa shape index (κ3) is 6.94. The van der Waals surface area contributed by atoms with E-state index in [2.05, 4.69) is 10.6 Å². The Morgan fingerprint density at radius 3 is 1.23 bits per heavy atom. The fourth-order valence-electron chi connectivity index (χ4n) is 2.23. The van der Waals surface area contributed by atoms with Crippen LogP contribution in [0.5, 0.6) is 0 Å². The number of hydrogen-bond donors (Lipinski definition) is 4. The van der Waals surface area contributed by atoms with Gasteiger partial charge in [0.25, 0.3) is 0 Å². The molecule has 0 aliphatic heterocycles. The second-order valence-electron chi connectivity index (χ2n) is 5.87. The van der Waals surface area contributed by atoms with Gasteiger partial charge in [-0.3, -0.25) is 9.59 Å². The van der Waals surface area contributed by atoms with E-state index in [1.54, 1.807) is 0 Å². The molecule has 2 rings (SSSR count). The molecule has 0 aliphatic carbocycles. The minimum atomic E-state index is -3.88. The number of carbonyl (C=O) groups is 4. The zero-order chi connectivity index (χ0) is 23.0. The molecule has 0 aliphatic rings.